The van der Waals surface area contributed by atoms with Crippen LogP contribution < -0.4 is 18.9 Å². The van der Waals surface area contributed by atoms with Gasteiger partial charge in [-0.3, -0.25) is 0 Å². The van der Waals surface area contributed by atoms with E-state index in [9.17, 15) is 0 Å². The zero-order valence-corrected chi connectivity index (χ0v) is 19.6. The molecule has 0 saturated carbocycles. The molecule has 0 spiro atoms. The van der Waals surface area contributed by atoms with Gasteiger partial charge in [0.1, 0.15) is 0 Å². The molecule has 0 aliphatic carbocycles. The molecule has 0 aliphatic heterocycles. The summed E-state index contributed by atoms with van der Waals surface area (Å²) in [4.78, 5) is 9.68. The van der Waals surface area contributed by atoms with Gasteiger partial charge in [0.05, 0.1) is 50.9 Å². The van der Waals surface area contributed by atoms with Gasteiger partial charge >= 0.3 is 0 Å². The molecule has 34 heavy (non-hydrogen) atoms. The number of hydrogen-bond donors (Lipinski definition) is 0. The van der Waals surface area contributed by atoms with E-state index in [1.807, 2.05) is 85.0 Å². The molecule has 6 heteroatoms. The number of nitrogens with zero attached hydrogens (tertiary/aromatic N) is 2. The van der Waals surface area contributed by atoms with E-state index in [4.69, 9.17) is 28.9 Å². The Labute approximate surface area is 199 Å². The van der Waals surface area contributed by atoms with Crippen LogP contribution in [0.1, 0.15) is 22.5 Å². The number of methoxy groups -OCH3 is 4. The number of aromatic nitrogens is 2. The third-order valence-electron chi connectivity index (χ3n) is 5.31. The average Bonchev–Trinajstić information content (AvgIpc) is 2.89. The maximum absolute atomic E-state index is 5.42. The summed E-state index contributed by atoms with van der Waals surface area (Å²) < 4.78 is 21.5. The zero-order chi connectivity index (χ0) is 23.9. The van der Waals surface area contributed by atoms with Crippen LogP contribution in [0.15, 0.2) is 60.7 Å². The molecule has 3 aromatic carbocycles. The van der Waals surface area contributed by atoms with Crippen molar-refractivity contribution in [2.24, 2.45) is 0 Å². The van der Waals surface area contributed by atoms with E-state index < -0.39 is 0 Å². The lowest BCUT2D eigenvalue weighted by Gasteiger charge is -2.08. The molecule has 0 amide bonds. The van der Waals surface area contributed by atoms with Crippen LogP contribution in [0.3, 0.4) is 0 Å². The van der Waals surface area contributed by atoms with Crippen LogP contribution in [-0.2, 0) is 0 Å². The van der Waals surface area contributed by atoms with Crippen molar-refractivity contribution >= 4 is 35.3 Å². The van der Waals surface area contributed by atoms with Gasteiger partial charge in [-0.15, -0.1) is 0 Å². The fourth-order valence-corrected chi connectivity index (χ4v) is 3.54. The number of fused-ring (bicyclic) bond motifs is 1. The van der Waals surface area contributed by atoms with Gasteiger partial charge in [-0.2, -0.15) is 0 Å². The van der Waals surface area contributed by atoms with Gasteiger partial charge < -0.3 is 18.9 Å². The highest BCUT2D eigenvalue weighted by molar-refractivity contribution is 5.83. The van der Waals surface area contributed by atoms with E-state index in [1.54, 1.807) is 28.4 Å². The Bertz CT molecular complexity index is 1260. The number of benzene rings is 3. The van der Waals surface area contributed by atoms with Crippen LogP contribution in [-0.4, -0.2) is 38.4 Å². The Morgan fingerprint density at radius 2 is 0.912 bits per heavy atom. The molecule has 0 saturated heterocycles. The van der Waals surface area contributed by atoms with Crippen LogP contribution in [0.5, 0.6) is 23.0 Å². The summed E-state index contributed by atoms with van der Waals surface area (Å²) in [5.41, 5.74) is 5.09. The topological polar surface area (TPSA) is 62.7 Å². The molecule has 0 atom stereocenters. The van der Waals surface area contributed by atoms with E-state index in [0.717, 1.165) is 33.5 Å². The van der Waals surface area contributed by atoms with Gasteiger partial charge in [0.2, 0.25) is 0 Å². The summed E-state index contributed by atoms with van der Waals surface area (Å²) in [5.74, 6) is 2.71. The normalized spacial score (nSPS) is 11.3. The summed E-state index contributed by atoms with van der Waals surface area (Å²) in [6.07, 6.45) is 7.87. The highest BCUT2D eigenvalue weighted by atomic mass is 16.5. The Kier molecular flexibility index (Phi) is 7.08. The van der Waals surface area contributed by atoms with Crippen LogP contribution in [0.2, 0.25) is 0 Å². The lowest BCUT2D eigenvalue weighted by atomic mass is 10.1. The maximum atomic E-state index is 5.42. The van der Waals surface area contributed by atoms with E-state index in [2.05, 4.69) is 0 Å². The summed E-state index contributed by atoms with van der Waals surface area (Å²) in [7, 11) is 6.48. The first-order valence-corrected chi connectivity index (χ1v) is 10.7. The molecule has 0 aliphatic rings. The van der Waals surface area contributed by atoms with Crippen molar-refractivity contribution in [2.45, 2.75) is 0 Å². The van der Waals surface area contributed by atoms with Gasteiger partial charge in [0, 0.05) is 0 Å². The molecular weight excluding hydrogens is 428 g/mol. The van der Waals surface area contributed by atoms with Gasteiger partial charge in [-0.25, -0.2) is 9.97 Å². The molecule has 0 N–H and O–H groups in total. The largest absolute Gasteiger partial charge is 0.493 e. The number of ether oxygens (including phenoxy) is 4. The first-order valence-electron chi connectivity index (χ1n) is 10.7. The Morgan fingerprint density at radius 3 is 1.29 bits per heavy atom. The highest BCUT2D eigenvalue weighted by Gasteiger charge is 2.07. The second-order valence-corrected chi connectivity index (χ2v) is 7.38. The minimum Gasteiger partial charge on any atom is -0.493 e. The zero-order valence-electron chi connectivity index (χ0n) is 19.6. The number of hydrogen-bond acceptors (Lipinski definition) is 6. The van der Waals surface area contributed by atoms with Crippen LogP contribution in [0.4, 0.5) is 0 Å². The molecule has 0 radical (unpaired) electrons. The van der Waals surface area contributed by atoms with Crippen molar-refractivity contribution in [2.75, 3.05) is 28.4 Å². The van der Waals surface area contributed by atoms with Crippen molar-refractivity contribution in [1.82, 2.24) is 9.97 Å². The Balaban J connectivity index is 1.72. The first-order chi connectivity index (χ1) is 16.6. The molecule has 0 fully saturated rings. The Morgan fingerprint density at radius 1 is 0.500 bits per heavy atom. The van der Waals surface area contributed by atoms with Crippen molar-refractivity contribution in [3.05, 3.63) is 83.2 Å². The highest BCUT2D eigenvalue weighted by Crippen LogP contribution is 2.30. The third kappa shape index (κ3) is 5.02. The van der Waals surface area contributed by atoms with Crippen molar-refractivity contribution in [3.8, 4) is 23.0 Å². The SMILES string of the molecule is COc1ccc(C=Cc2nc3ccccc3nc2/C=C/c2ccc(OC)c(OC)c2)cc1OC. The van der Waals surface area contributed by atoms with E-state index in [1.165, 1.54) is 0 Å². The lowest BCUT2D eigenvalue weighted by molar-refractivity contribution is 0.355. The molecule has 4 aromatic rings. The van der Waals surface area contributed by atoms with Crippen molar-refractivity contribution in [3.63, 3.8) is 0 Å². The molecular formula is C28H26N2O4. The monoisotopic (exact) mass is 454 g/mol. The number of rotatable bonds is 8. The molecule has 172 valence electrons. The molecule has 1 heterocycles. The molecule has 6 nitrogen and oxygen atoms in total. The van der Waals surface area contributed by atoms with Crippen molar-refractivity contribution in [1.29, 1.82) is 0 Å². The summed E-state index contributed by atoms with van der Waals surface area (Å²) in [6.45, 7) is 0. The standard InChI is InChI=1S/C28H26N2O4/c1-31-25-15-11-19(17-27(25)33-3)9-13-23-24(30-22-8-6-5-7-21(22)29-23)14-10-20-12-16-26(32-2)28(18-20)34-4/h5-18H,1-4H3/b13-9+,14-10?. The fraction of sp³-hybridized carbons (Fsp3) is 0.143. The predicted octanol–water partition coefficient (Wildman–Crippen LogP) is 6.01. The summed E-state index contributed by atoms with van der Waals surface area (Å²) in [5, 5.41) is 0. The van der Waals surface area contributed by atoms with Crippen LogP contribution in [0, 0.1) is 0 Å². The lowest BCUT2D eigenvalue weighted by Crippen LogP contribution is -1.94. The number of para-hydroxylation sites is 2. The third-order valence-corrected chi connectivity index (χ3v) is 5.31. The minimum absolute atomic E-state index is 0.669. The fourth-order valence-electron chi connectivity index (χ4n) is 3.54. The van der Waals surface area contributed by atoms with E-state index >= 15 is 0 Å². The minimum atomic E-state index is 0.669. The van der Waals surface area contributed by atoms with E-state index in [0.29, 0.717) is 23.0 Å². The van der Waals surface area contributed by atoms with Crippen LogP contribution in [0.25, 0.3) is 35.3 Å². The smallest absolute Gasteiger partial charge is 0.161 e. The molecule has 0 unspecified atom stereocenters. The Hall–Kier alpha value is -4.32. The molecule has 1 aromatic heterocycles. The quantitative estimate of drug-likeness (QED) is 0.325. The molecule has 0 bridgehead atoms. The predicted molar refractivity (Wildman–Crippen MR) is 136 cm³/mol. The molecule has 4 rings (SSSR count). The first kappa shape index (κ1) is 22.9. The van der Waals surface area contributed by atoms with Gasteiger partial charge in [0.15, 0.2) is 23.0 Å². The van der Waals surface area contributed by atoms with E-state index in [-0.39, 0.29) is 0 Å². The second-order valence-electron chi connectivity index (χ2n) is 7.38. The average molecular weight is 455 g/mol. The summed E-state index contributed by atoms with van der Waals surface area (Å²) >= 11 is 0. The maximum Gasteiger partial charge on any atom is 0.161 e. The summed E-state index contributed by atoms with van der Waals surface area (Å²) in [6, 6.07) is 19.3. The van der Waals surface area contributed by atoms with Gasteiger partial charge in [-0.1, -0.05) is 36.4 Å². The van der Waals surface area contributed by atoms with Crippen molar-refractivity contribution < 1.29 is 18.9 Å². The van der Waals surface area contributed by atoms with Gasteiger partial charge in [0.25, 0.3) is 0 Å². The second kappa shape index (κ2) is 10.5. The van der Waals surface area contributed by atoms with Crippen LogP contribution >= 0.6 is 0 Å². The van der Waals surface area contributed by atoms with Gasteiger partial charge in [-0.05, 0) is 59.7 Å².